The lowest BCUT2D eigenvalue weighted by atomic mass is 10.3. The fourth-order valence-corrected chi connectivity index (χ4v) is 1.12. The fourth-order valence-electron chi connectivity index (χ4n) is 0.360. The van der Waals surface area contributed by atoms with Crippen LogP contribution in [0.4, 0.5) is 0 Å². The quantitative estimate of drug-likeness (QED) is 0.478. The Kier molecular flexibility index (Phi) is 5.81. The van der Waals surface area contributed by atoms with Crippen molar-refractivity contribution < 1.29 is 4.21 Å². The van der Waals surface area contributed by atoms with Crippen LogP contribution in [0.2, 0.25) is 0 Å². The van der Waals surface area contributed by atoms with Crippen LogP contribution >= 0.6 is 10.7 Å². The van der Waals surface area contributed by atoms with E-state index in [0.29, 0.717) is 12.3 Å². The molecule has 1 unspecified atom stereocenters. The van der Waals surface area contributed by atoms with Crippen LogP contribution in [-0.2, 0) is 10.0 Å². The van der Waals surface area contributed by atoms with Crippen LogP contribution in [0, 0.1) is 0 Å². The Morgan fingerprint density at radius 3 is 2.50 bits per heavy atom. The molecular formula is C4H10ClNOS. The molecular weight excluding hydrogens is 146 g/mol. The molecule has 0 aliphatic rings. The molecule has 0 aromatic heterocycles. The van der Waals surface area contributed by atoms with Gasteiger partial charge in [0.1, 0.15) is 10.0 Å². The zero-order valence-electron chi connectivity index (χ0n) is 4.60. The minimum atomic E-state index is -1.15. The molecule has 1 atom stereocenters. The Balaban J connectivity index is 2.82. The fraction of sp³-hybridized carbons (Fsp3) is 1.00. The standard InChI is InChI=1S/C4H10ClNOS/c5-8(7)4-2-1-3-6/h1-4,6H2. The number of hydrogen-bond donors (Lipinski definition) is 1. The molecule has 2 nitrogen and oxygen atoms in total. The Bertz CT molecular complexity index is 78.4. The molecule has 0 saturated heterocycles. The van der Waals surface area contributed by atoms with Gasteiger partial charge in [-0.2, -0.15) is 0 Å². The van der Waals surface area contributed by atoms with Gasteiger partial charge in [-0.15, -0.1) is 0 Å². The zero-order chi connectivity index (χ0) is 6.41. The molecule has 50 valence electrons. The van der Waals surface area contributed by atoms with Gasteiger partial charge in [-0.3, -0.25) is 0 Å². The summed E-state index contributed by atoms with van der Waals surface area (Å²) in [5.74, 6) is 0.568. The normalized spacial score (nSPS) is 13.8. The Morgan fingerprint density at radius 2 is 2.12 bits per heavy atom. The maximum absolute atomic E-state index is 10.2. The van der Waals surface area contributed by atoms with E-state index in [4.69, 9.17) is 16.4 Å². The van der Waals surface area contributed by atoms with Crippen molar-refractivity contribution in [1.29, 1.82) is 0 Å². The number of hydrogen-bond acceptors (Lipinski definition) is 2. The van der Waals surface area contributed by atoms with E-state index in [1.54, 1.807) is 0 Å². The van der Waals surface area contributed by atoms with Gasteiger partial charge < -0.3 is 5.73 Å². The molecule has 0 aliphatic carbocycles. The van der Waals surface area contributed by atoms with Crippen LogP contribution in [0.15, 0.2) is 0 Å². The van der Waals surface area contributed by atoms with Crippen LogP contribution in [0.25, 0.3) is 0 Å². The molecule has 0 fully saturated rings. The zero-order valence-corrected chi connectivity index (χ0v) is 6.17. The average molecular weight is 156 g/mol. The predicted molar refractivity (Wildman–Crippen MR) is 37.2 cm³/mol. The van der Waals surface area contributed by atoms with Gasteiger partial charge in [-0.1, -0.05) is 0 Å². The lowest BCUT2D eigenvalue weighted by Gasteiger charge is -1.90. The van der Waals surface area contributed by atoms with Gasteiger partial charge >= 0.3 is 0 Å². The lowest BCUT2D eigenvalue weighted by Crippen LogP contribution is -2.00. The van der Waals surface area contributed by atoms with Crippen LogP contribution in [-0.4, -0.2) is 16.5 Å². The molecule has 8 heavy (non-hydrogen) atoms. The minimum Gasteiger partial charge on any atom is -0.330 e. The SMILES string of the molecule is NCCCCS(=O)Cl. The third-order valence-electron chi connectivity index (χ3n) is 0.759. The first-order valence-electron chi connectivity index (χ1n) is 2.52. The first-order chi connectivity index (χ1) is 3.77. The highest BCUT2D eigenvalue weighted by molar-refractivity contribution is 8.08. The van der Waals surface area contributed by atoms with Crippen molar-refractivity contribution in [3.63, 3.8) is 0 Å². The van der Waals surface area contributed by atoms with Gasteiger partial charge in [-0.25, -0.2) is 4.21 Å². The van der Waals surface area contributed by atoms with Crippen LogP contribution < -0.4 is 5.73 Å². The Hall–Kier alpha value is 0.400. The maximum Gasteiger partial charge on any atom is 0.114 e. The molecule has 0 aliphatic heterocycles. The largest absolute Gasteiger partial charge is 0.330 e. The predicted octanol–water partition coefficient (Wildman–Crippen LogP) is 0.628. The second-order valence-corrected chi connectivity index (χ2v) is 3.51. The van der Waals surface area contributed by atoms with Crippen LogP contribution in [0.5, 0.6) is 0 Å². The van der Waals surface area contributed by atoms with Crippen molar-refractivity contribution in [2.45, 2.75) is 12.8 Å². The monoisotopic (exact) mass is 155 g/mol. The van der Waals surface area contributed by atoms with E-state index in [-0.39, 0.29) is 0 Å². The van der Waals surface area contributed by atoms with Gasteiger partial charge in [0.05, 0.1) is 0 Å². The number of halogens is 1. The molecule has 0 bridgehead atoms. The summed E-state index contributed by atoms with van der Waals surface area (Å²) in [5, 5.41) is 0. The molecule has 0 heterocycles. The minimum absolute atomic E-state index is 0.568. The summed E-state index contributed by atoms with van der Waals surface area (Å²) in [6.07, 6.45) is 1.78. The summed E-state index contributed by atoms with van der Waals surface area (Å²) in [6.45, 7) is 0.661. The van der Waals surface area contributed by atoms with Crippen molar-refractivity contribution in [2.24, 2.45) is 5.73 Å². The van der Waals surface area contributed by atoms with E-state index in [2.05, 4.69) is 0 Å². The van der Waals surface area contributed by atoms with E-state index >= 15 is 0 Å². The lowest BCUT2D eigenvalue weighted by molar-refractivity contribution is 0.686. The third kappa shape index (κ3) is 6.40. The van der Waals surface area contributed by atoms with Gasteiger partial charge in [0.2, 0.25) is 0 Å². The number of unbranched alkanes of at least 4 members (excludes halogenated alkanes) is 1. The van der Waals surface area contributed by atoms with Gasteiger partial charge in [0, 0.05) is 5.75 Å². The van der Waals surface area contributed by atoms with E-state index in [0.717, 1.165) is 12.8 Å². The summed E-state index contributed by atoms with van der Waals surface area (Å²) in [6, 6.07) is 0. The Morgan fingerprint density at radius 1 is 1.50 bits per heavy atom. The van der Waals surface area contributed by atoms with Gasteiger partial charge in [0.15, 0.2) is 0 Å². The molecule has 0 spiro atoms. The summed E-state index contributed by atoms with van der Waals surface area (Å²) in [4.78, 5) is 0. The van der Waals surface area contributed by atoms with Crippen molar-refractivity contribution in [3.8, 4) is 0 Å². The highest BCUT2D eigenvalue weighted by Gasteiger charge is 1.90. The van der Waals surface area contributed by atoms with Crippen molar-refractivity contribution in [3.05, 3.63) is 0 Å². The van der Waals surface area contributed by atoms with Crippen molar-refractivity contribution >= 4 is 20.7 Å². The van der Waals surface area contributed by atoms with Crippen molar-refractivity contribution in [2.75, 3.05) is 12.3 Å². The number of rotatable bonds is 4. The average Bonchev–Trinajstić information content (AvgIpc) is 1.66. The molecule has 0 amide bonds. The smallest absolute Gasteiger partial charge is 0.114 e. The molecule has 0 aromatic rings. The van der Waals surface area contributed by atoms with E-state index in [1.165, 1.54) is 0 Å². The summed E-state index contributed by atoms with van der Waals surface area (Å²) in [5.41, 5.74) is 5.17. The van der Waals surface area contributed by atoms with Crippen LogP contribution in [0.1, 0.15) is 12.8 Å². The summed E-state index contributed by atoms with van der Waals surface area (Å²) < 4.78 is 10.2. The second kappa shape index (κ2) is 5.54. The van der Waals surface area contributed by atoms with Crippen molar-refractivity contribution in [1.82, 2.24) is 0 Å². The molecule has 4 heteroatoms. The first-order valence-corrected chi connectivity index (χ1v) is 4.66. The molecule has 0 rings (SSSR count). The second-order valence-electron chi connectivity index (χ2n) is 1.49. The van der Waals surface area contributed by atoms with E-state index in [1.807, 2.05) is 0 Å². The molecule has 0 saturated carbocycles. The van der Waals surface area contributed by atoms with Gasteiger partial charge in [0.25, 0.3) is 0 Å². The number of nitrogens with two attached hydrogens (primary N) is 1. The van der Waals surface area contributed by atoms with E-state index in [9.17, 15) is 4.21 Å². The molecule has 0 aromatic carbocycles. The maximum atomic E-state index is 10.2. The Labute approximate surface area is 56.4 Å². The third-order valence-corrected chi connectivity index (χ3v) is 1.83. The van der Waals surface area contributed by atoms with Crippen LogP contribution in [0.3, 0.4) is 0 Å². The summed E-state index contributed by atoms with van der Waals surface area (Å²) >= 11 is 0. The molecule has 0 radical (unpaired) electrons. The summed E-state index contributed by atoms with van der Waals surface area (Å²) in [7, 11) is 3.99. The van der Waals surface area contributed by atoms with E-state index < -0.39 is 10.0 Å². The highest BCUT2D eigenvalue weighted by atomic mass is 35.7. The molecule has 2 N–H and O–H groups in total. The topological polar surface area (TPSA) is 43.1 Å². The van der Waals surface area contributed by atoms with Gasteiger partial charge in [-0.05, 0) is 30.1 Å². The first kappa shape index (κ1) is 8.40. The highest BCUT2D eigenvalue weighted by Crippen LogP contribution is 1.93.